The largest absolute Gasteiger partial charge is 0.373 e. The third-order valence-corrected chi connectivity index (χ3v) is 3.92. The molecule has 3 nitrogen and oxygen atoms in total. The molecule has 0 bridgehead atoms. The number of rotatable bonds is 4. The van der Waals surface area contributed by atoms with Crippen LogP contribution in [-0.2, 0) is 4.79 Å². The van der Waals surface area contributed by atoms with Crippen LogP contribution in [0, 0.1) is 0 Å². The van der Waals surface area contributed by atoms with Crippen molar-refractivity contribution in [3.8, 4) is 0 Å². The Balaban J connectivity index is 1.87. The van der Waals surface area contributed by atoms with Crippen LogP contribution in [0.2, 0.25) is 5.02 Å². The predicted octanol–water partition coefficient (Wildman–Crippen LogP) is 3.59. The summed E-state index contributed by atoms with van der Waals surface area (Å²) in [5.74, 6) is 0.0480. The van der Waals surface area contributed by atoms with Gasteiger partial charge in [-0.05, 0) is 31.9 Å². The molecule has 1 aliphatic carbocycles. The summed E-state index contributed by atoms with van der Waals surface area (Å²) in [5, 5.41) is 6.91. The number of benzene rings is 1. The first kappa shape index (κ1) is 14.2. The van der Waals surface area contributed by atoms with Gasteiger partial charge in [0.2, 0.25) is 5.91 Å². The maximum absolute atomic E-state index is 12.1. The zero-order valence-electron chi connectivity index (χ0n) is 11.3. The van der Waals surface area contributed by atoms with Crippen molar-refractivity contribution in [1.82, 2.24) is 5.32 Å². The Morgan fingerprint density at radius 2 is 1.95 bits per heavy atom. The maximum atomic E-state index is 12.1. The first-order chi connectivity index (χ1) is 9.16. The molecule has 104 valence electrons. The summed E-state index contributed by atoms with van der Waals surface area (Å²) in [6, 6.07) is 7.54. The Kier molecular flexibility index (Phi) is 5.08. The number of carbonyl (C=O) groups excluding carboxylic acids is 1. The van der Waals surface area contributed by atoms with Crippen LogP contribution in [0.25, 0.3) is 0 Å². The first-order valence-corrected chi connectivity index (χ1v) is 7.36. The van der Waals surface area contributed by atoms with Crippen LogP contribution < -0.4 is 10.6 Å². The van der Waals surface area contributed by atoms with E-state index in [0.29, 0.717) is 11.1 Å². The van der Waals surface area contributed by atoms with Crippen LogP contribution in [-0.4, -0.2) is 18.0 Å². The summed E-state index contributed by atoms with van der Waals surface area (Å²) in [6.45, 7) is 1.86. The highest BCUT2D eigenvalue weighted by Crippen LogP contribution is 2.21. The van der Waals surface area contributed by atoms with Crippen molar-refractivity contribution in [2.24, 2.45) is 0 Å². The van der Waals surface area contributed by atoms with Gasteiger partial charge in [0.1, 0.15) is 6.04 Å². The second-order valence-corrected chi connectivity index (χ2v) is 5.60. The molecule has 1 amide bonds. The average molecular weight is 281 g/mol. The Hall–Kier alpha value is -1.22. The summed E-state index contributed by atoms with van der Waals surface area (Å²) < 4.78 is 0. The van der Waals surface area contributed by atoms with E-state index in [-0.39, 0.29) is 11.9 Å². The van der Waals surface area contributed by atoms with E-state index in [1.807, 2.05) is 31.2 Å². The van der Waals surface area contributed by atoms with Gasteiger partial charge >= 0.3 is 0 Å². The quantitative estimate of drug-likeness (QED) is 0.885. The Labute approximate surface area is 119 Å². The molecule has 0 radical (unpaired) electrons. The molecule has 0 spiro atoms. The lowest BCUT2D eigenvalue weighted by Gasteiger charge is -2.25. The van der Waals surface area contributed by atoms with Gasteiger partial charge in [-0.1, -0.05) is 43.0 Å². The number of halogens is 1. The lowest BCUT2D eigenvalue weighted by molar-refractivity contribution is -0.122. The molecule has 0 saturated heterocycles. The molecule has 1 saturated carbocycles. The van der Waals surface area contributed by atoms with Crippen LogP contribution in [0.1, 0.15) is 39.0 Å². The fourth-order valence-corrected chi connectivity index (χ4v) is 2.64. The minimum atomic E-state index is -0.276. The van der Waals surface area contributed by atoms with Crippen LogP contribution in [0.15, 0.2) is 24.3 Å². The van der Waals surface area contributed by atoms with Gasteiger partial charge in [-0.3, -0.25) is 4.79 Å². The molecule has 4 heteroatoms. The van der Waals surface area contributed by atoms with Gasteiger partial charge in [0.15, 0.2) is 0 Å². The van der Waals surface area contributed by atoms with Crippen molar-refractivity contribution >= 4 is 23.2 Å². The summed E-state index contributed by atoms with van der Waals surface area (Å²) in [7, 11) is 0. The van der Waals surface area contributed by atoms with Crippen LogP contribution in [0.5, 0.6) is 0 Å². The van der Waals surface area contributed by atoms with Crippen LogP contribution in [0.4, 0.5) is 5.69 Å². The van der Waals surface area contributed by atoms with Gasteiger partial charge in [-0.2, -0.15) is 0 Å². The molecule has 0 heterocycles. The number of carbonyl (C=O) groups is 1. The Morgan fingerprint density at radius 1 is 1.26 bits per heavy atom. The third-order valence-electron chi connectivity index (χ3n) is 3.59. The van der Waals surface area contributed by atoms with Gasteiger partial charge in [-0.25, -0.2) is 0 Å². The monoisotopic (exact) mass is 280 g/mol. The molecular weight excluding hydrogens is 260 g/mol. The number of para-hydroxylation sites is 1. The van der Waals surface area contributed by atoms with Gasteiger partial charge in [0.05, 0.1) is 10.7 Å². The van der Waals surface area contributed by atoms with Gasteiger partial charge in [0, 0.05) is 6.04 Å². The number of amides is 1. The number of hydrogen-bond donors (Lipinski definition) is 2. The zero-order valence-corrected chi connectivity index (χ0v) is 12.0. The Bertz CT molecular complexity index is 430. The molecule has 0 aromatic heterocycles. The summed E-state index contributed by atoms with van der Waals surface area (Å²) in [6.07, 6.45) is 5.93. The fourth-order valence-electron chi connectivity index (χ4n) is 2.45. The average Bonchev–Trinajstić information content (AvgIpc) is 2.42. The van der Waals surface area contributed by atoms with E-state index in [1.54, 1.807) is 0 Å². The molecule has 1 atom stereocenters. The molecule has 0 aliphatic heterocycles. The van der Waals surface area contributed by atoms with E-state index in [4.69, 9.17) is 11.6 Å². The van der Waals surface area contributed by atoms with E-state index in [0.717, 1.165) is 18.5 Å². The molecule has 1 aromatic rings. The molecule has 1 unspecified atom stereocenters. The van der Waals surface area contributed by atoms with Crippen molar-refractivity contribution < 1.29 is 4.79 Å². The second kappa shape index (κ2) is 6.80. The van der Waals surface area contributed by atoms with E-state index < -0.39 is 0 Å². The highest BCUT2D eigenvalue weighted by molar-refractivity contribution is 6.33. The van der Waals surface area contributed by atoms with E-state index in [1.165, 1.54) is 19.3 Å². The molecule has 1 aliphatic rings. The summed E-state index contributed by atoms with van der Waals surface area (Å²) in [5.41, 5.74) is 0.801. The predicted molar refractivity (Wildman–Crippen MR) is 79.6 cm³/mol. The minimum absolute atomic E-state index is 0.0480. The lowest BCUT2D eigenvalue weighted by atomic mass is 9.95. The number of hydrogen-bond acceptors (Lipinski definition) is 2. The van der Waals surface area contributed by atoms with Crippen molar-refractivity contribution in [3.05, 3.63) is 29.3 Å². The lowest BCUT2D eigenvalue weighted by Crippen LogP contribution is -2.44. The van der Waals surface area contributed by atoms with Crippen molar-refractivity contribution in [2.45, 2.75) is 51.1 Å². The molecule has 1 fully saturated rings. The first-order valence-electron chi connectivity index (χ1n) is 6.98. The number of anilines is 1. The van der Waals surface area contributed by atoms with Crippen molar-refractivity contribution in [1.29, 1.82) is 0 Å². The van der Waals surface area contributed by atoms with Gasteiger partial charge < -0.3 is 10.6 Å². The molecule has 1 aromatic carbocycles. The molecule has 2 N–H and O–H groups in total. The summed E-state index contributed by atoms with van der Waals surface area (Å²) >= 11 is 6.07. The Morgan fingerprint density at radius 3 is 2.63 bits per heavy atom. The number of nitrogens with one attached hydrogen (secondary N) is 2. The van der Waals surface area contributed by atoms with Crippen molar-refractivity contribution in [3.63, 3.8) is 0 Å². The topological polar surface area (TPSA) is 41.1 Å². The standard InChI is InChI=1S/C15H21ClN2O/c1-11(17-14-10-6-5-9-13(14)16)15(19)18-12-7-3-2-4-8-12/h5-6,9-12,17H,2-4,7-8H2,1H3,(H,18,19). The van der Waals surface area contributed by atoms with E-state index in [9.17, 15) is 4.79 Å². The van der Waals surface area contributed by atoms with Gasteiger partial charge in [-0.15, -0.1) is 0 Å². The zero-order chi connectivity index (χ0) is 13.7. The van der Waals surface area contributed by atoms with Gasteiger partial charge in [0.25, 0.3) is 0 Å². The highest BCUT2D eigenvalue weighted by atomic mass is 35.5. The van der Waals surface area contributed by atoms with Crippen LogP contribution in [0.3, 0.4) is 0 Å². The third kappa shape index (κ3) is 4.13. The highest BCUT2D eigenvalue weighted by Gasteiger charge is 2.19. The van der Waals surface area contributed by atoms with E-state index in [2.05, 4.69) is 10.6 Å². The molecule has 19 heavy (non-hydrogen) atoms. The SMILES string of the molecule is CC(Nc1ccccc1Cl)C(=O)NC1CCCCC1. The normalized spacial score (nSPS) is 17.8. The van der Waals surface area contributed by atoms with Crippen LogP contribution >= 0.6 is 11.6 Å². The maximum Gasteiger partial charge on any atom is 0.242 e. The molecular formula is C15H21ClN2O. The van der Waals surface area contributed by atoms with E-state index >= 15 is 0 Å². The fraction of sp³-hybridized carbons (Fsp3) is 0.533. The smallest absolute Gasteiger partial charge is 0.242 e. The second-order valence-electron chi connectivity index (χ2n) is 5.19. The minimum Gasteiger partial charge on any atom is -0.373 e. The molecule has 2 rings (SSSR count). The van der Waals surface area contributed by atoms with Crippen molar-refractivity contribution in [2.75, 3.05) is 5.32 Å². The summed E-state index contributed by atoms with van der Waals surface area (Å²) in [4.78, 5) is 12.1.